The van der Waals surface area contributed by atoms with Gasteiger partial charge in [-0.25, -0.2) is 9.18 Å². The molecule has 0 aliphatic rings. The van der Waals surface area contributed by atoms with Crippen molar-refractivity contribution in [2.75, 3.05) is 5.32 Å². The summed E-state index contributed by atoms with van der Waals surface area (Å²) >= 11 is 0. The zero-order valence-corrected chi connectivity index (χ0v) is 16.0. The fourth-order valence-electron chi connectivity index (χ4n) is 2.55. The van der Waals surface area contributed by atoms with Crippen LogP contribution in [0.4, 0.5) is 20.7 Å². The van der Waals surface area contributed by atoms with Crippen molar-refractivity contribution in [2.45, 2.75) is 26.4 Å². The number of amides is 1. The van der Waals surface area contributed by atoms with Crippen LogP contribution in [0.25, 0.3) is 15.9 Å². The van der Waals surface area contributed by atoms with Crippen LogP contribution >= 0.6 is 0 Å². The number of ether oxygens (including phenoxy) is 1. The molecule has 0 spiro atoms. The zero-order valence-electron chi connectivity index (χ0n) is 16.0. The monoisotopic (exact) mass is 392 g/mol. The first-order valence-corrected chi connectivity index (χ1v) is 8.65. The maximum atomic E-state index is 14.5. The summed E-state index contributed by atoms with van der Waals surface area (Å²) in [6, 6.07) is 8.32. The van der Waals surface area contributed by atoms with E-state index in [1.54, 1.807) is 26.8 Å². The molecule has 3 aromatic rings. The van der Waals surface area contributed by atoms with Gasteiger partial charge in [-0.15, -0.1) is 4.98 Å². The molecule has 2 aromatic carbocycles. The minimum absolute atomic E-state index is 0.103. The second kappa shape index (κ2) is 7.64. The van der Waals surface area contributed by atoms with Gasteiger partial charge in [0.05, 0.1) is 11.8 Å². The molecule has 0 unspecified atom stereocenters. The van der Waals surface area contributed by atoms with Crippen LogP contribution < -0.4 is 5.32 Å². The molecule has 1 aromatic heterocycles. The number of carbonyl (C=O) groups is 2. The highest BCUT2D eigenvalue weighted by Gasteiger charge is 2.19. The van der Waals surface area contributed by atoms with Gasteiger partial charge in [-0.3, -0.25) is 15.1 Å². The predicted octanol–water partition coefficient (Wildman–Crippen LogP) is 4.90. The lowest BCUT2D eigenvalue weighted by Gasteiger charge is -2.19. The Morgan fingerprint density at radius 1 is 1.14 bits per heavy atom. The second-order valence-electron chi connectivity index (χ2n) is 7.19. The molecule has 29 heavy (non-hydrogen) atoms. The number of benzene rings is 2. The predicted molar refractivity (Wildman–Crippen MR) is 105 cm³/mol. The van der Waals surface area contributed by atoms with Crippen molar-refractivity contribution in [1.29, 1.82) is 0 Å². The number of rotatable bonds is 3. The normalized spacial score (nSPS) is 11.0. The number of fused-ring (bicyclic) bond motifs is 1. The maximum absolute atomic E-state index is 14.5. The second-order valence-corrected chi connectivity index (χ2v) is 7.19. The molecule has 0 bridgehead atoms. The number of aromatic nitrogens is 2. The first kappa shape index (κ1) is 19.9. The molecule has 0 saturated heterocycles. The van der Waals surface area contributed by atoms with Crippen molar-refractivity contribution >= 4 is 34.4 Å². The van der Waals surface area contributed by atoms with E-state index in [1.165, 1.54) is 30.5 Å². The number of nitrogens with zero attached hydrogens (tertiary/aromatic N) is 3. The zero-order chi connectivity index (χ0) is 21.2. The quantitative estimate of drug-likeness (QED) is 0.506. The summed E-state index contributed by atoms with van der Waals surface area (Å²) in [5.41, 5.74) is 0.415. The Morgan fingerprint density at radius 2 is 1.90 bits per heavy atom. The summed E-state index contributed by atoms with van der Waals surface area (Å²) in [7, 11) is 0. The molecule has 0 saturated carbocycles. The summed E-state index contributed by atoms with van der Waals surface area (Å²) in [6.07, 6.45) is 0.618. The van der Waals surface area contributed by atoms with Gasteiger partial charge in [0.1, 0.15) is 16.9 Å². The van der Waals surface area contributed by atoms with Crippen LogP contribution in [0, 0.1) is 12.4 Å². The van der Waals surface area contributed by atoms with Gasteiger partial charge < -0.3 is 9.58 Å². The number of halogens is 1. The molecule has 1 amide bonds. The van der Waals surface area contributed by atoms with Crippen LogP contribution in [0.3, 0.4) is 0 Å². The molecule has 0 fully saturated rings. The highest BCUT2D eigenvalue weighted by atomic mass is 19.1. The largest absolute Gasteiger partial charge is 0.444 e. The van der Waals surface area contributed by atoms with Crippen molar-refractivity contribution in [2.24, 2.45) is 0 Å². The molecule has 1 N–H and O–H groups in total. The van der Waals surface area contributed by atoms with Crippen LogP contribution in [-0.4, -0.2) is 27.4 Å². The number of anilines is 1. The summed E-state index contributed by atoms with van der Waals surface area (Å²) < 4.78 is 19.6. The van der Waals surface area contributed by atoms with Gasteiger partial charge in [0.25, 0.3) is 5.82 Å². The van der Waals surface area contributed by atoms with Crippen molar-refractivity contribution < 1.29 is 18.7 Å². The highest BCUT2D eigenvalue weighted by molar-refractivity contribution is 6.10. The van der Waals surface area contributed by atoms with Crippen LogP contribution in [0.2, 0.25) is 0 Å². The Kier molecular flexibility index (Phi) is 5.24. The summed E-state index contributed by atoms with van der Waals surface area (Å²) in [4.78, 5) is 35.9. The Labute approximate surface area is 166 Å². The third kappa shape index (κ3) is 4.71. The van der Waals surface area contributed by atoms with E-state index in [0.29, 0.717) is 11.0 Å². The van der Waals surface area contributed by atoms with Crippen LogP contribution in [0.1, 0.15) is 36.7 Å². The number of nitrogens with one attached hydrogen (secondary N) is 1. The van der Waals surface area contributed by atoms with E-state index >= 15 is 0 Å². The fraction of sp³-hybridized carbons (Fsp3) is 0.190. The van der Waals surface area contributed by atoms with Gasteiger partial charge in [-0.05, 0) is 51.1 Å². The first-order chi connectivity index (χ1) is 13.7. The number of ketones is 1. The average Bonchev–Trinajstić information content (AvgIpc) is 2.65. The van der Waals surface area contributed by atoms with Gasteiger partial charge >= 0.3 is 6.09 Å². The number of carbonyl (C=O) groups excluding carboxylic acids is 2. The topological polar surface area (TPSA) is 85.5 Å². The maximum Gasteiger partial charge on any atom is 0.412 e. The third-order valence-corrected chi connectivity index (χ3v) is 3.77. The van der Waals surface area contributed by atoms with E-state index in [9.17, 15) is 14.0 Å². The molecular formula is C21H17FN4O3. The minimum atomic E-state index is -0.787. The molecule has 0 atom stereocenters. The molecule has 146 valence electrons. The molecule has 7 nitrogen and oxygen atoms in total. The Balaban J connectivity index is 1.85. The van der Waals surface area contributed by atoms with Gasteiger partial charge in [0.2, 0.25) is 0 Å². The molecule has 8 heteroatoms. The summed E-state index contributed by atoms with van der Waals surface area (Å²) in [5.74, 6) is -1.24. The first-order valence-electron chi connectivity index (χ1n) is 8.65. The third-order valence-electron chi connectivity index (χ3n) is 3.77. The van der Waals surface area contributed by atoms with E-state index in [1.807, 2.05) is 0 Å². The van der Waals surface area contributed by atoms with Gasteiger partial charge in [0, 0.05) is 17.3 Å². The fourth-order valence-corrected chi connectivity index (χ4v) is 2.55. The van der Waals surface area contributed by atoms with Gasteiger partial charge in [0.15, 0.2) is 11.3 Å². The lowest BCUT2D eigenvalue weighted by Crippen LogP contribution is -2.27. The Hall–Kier alpha value is -3.86. The summed E-state index contributed by atoms with van der Waals surface area (Å²) in [5, 5.41) is 2.42. The number of hydrogen-bond acceptors (Lipinski definition) is 5. The molecular weight excluding hydrogens is 375 g/mol. The van der Waals surface area contributed by atoms with Gasteiger partial charge in [-0.2, -0.15) is 0 Å². The van der Waals surface area contributed by atoms with E-state index in [-0.39, 0.29) is 22.6 Å². The standard InChI is InChI=1S/C21H17FN4O3/c1-21(2,3)29-20(28)25-13-6-7-14(15(22)10-13)19(27)12-5-8-16-17(9-12)26-18(23-4)11-24-16/h5-11H,1-3H3,(H,25,28). The van der Waals surface area contributed by atoms with Crippen LogP contribution in [0.5, 0.6) is 0 Å². The highest BCUT2D eigenvalue weighted by Crippen LogP contribution is 2.22. The average molecular weight is 392 g/mol. The minimum Gasteiger partial charge on any atom is -0.444 e. The molecule has 0 aliphatic heterocycles. The number of hydrogen-bond donors (Lipinski definition) is 1. The van der Waals surface area contributed by atoms with Crippen molar-refractivity contribution in [3.63, 3.8) is 0 Å². The van der Waals surface area contributed by atoms with Crippen LogP contribution in [-0.2, 0) is 4.74 Å². The molecule has 0 radical (unpaired) electrons. The molecule has 3 rings (SSSR count). The smallest absolute Gasteiger partial charge is 0.412 e. The SMILES string of the molecule is [C-]#[N+]c1cnc2ccc(C(=O)c3ccc(NC(=O)OC(C)(C)C)cc3F)cc2n1. The lowest BCUT2D eigenvalue weighted by atomic mass is 10.0. The Bertz CT molecular complexity index is 1160. The van der Waals surface area contributed by atoms with E-state index in [4.69, 9.17) is 11.3 Å². The van der Waals surface area contributed by atoms with Crippen LogP contribution in [0.15, 0.2) is 42.6 Å². The van der Waals surface area contributed by atoms with E-state index in [0.717, 1.165) is 6.07 Å². The molecule has 1 heterocycles. The van der Waals surface area contributed by atoms with Crippen molar-refractivity contribution in [1.82, 2.24) is 9.97 Å². The lowest BCUT2D eigenvalue weighted by molar-refractivity contribution is 0.0636. The summed E-state index contributed by atoms with van der Waals surface area (Å²) in [6.45, 7) is 12.1. The van der Waals surface area contributed by atoms with Gasteiger partial charge in [-0.1, -0.05) is 6.57 Å². The molecule has 0 aliphatic carbocycles. The van der Waals surface area contributed by atoms with Crippen molar-refractivity contribution in [3.8, 4) is 0 Å². The van der Waals surface area contributed by atoms with E-state index in [2.05, 4.69) is 20.1 Å². The Morgan fingerprint density at radius 3 is 2.55 bits per heavy atom. The van der Waals surface area contributed by atoms with E-state index < -0.39 is 23.3 Å². The van der Waals surface area contributed by atoms with Crippen molar-refractivity contribution in [3.05, 3.63) is 71.0 Å².